The molecule has 2 rings (SSSR count). The number of ether oxygens (including phenoxy) is 1. The van der Waals surface area contributed by atoms with Gasteiger partial charge in [0, 0.05) is 12.3 Å². The van der Waals surface area contributed by atoms with Crippen molar-refractivity contribution in [2.24, 2.45) is 0 Å². The van der Waals surface area contributed by atoms with Crippen LogP contribution >= 0.6 is 12.2 Å². The van der Waals surface area contributed by atoms with E-state index in [9.17, 15) is 14.3 Å². The van der Waals surface area contributed by atoms with E-state index >= 15 is 0 Å². The second-order valence-electron chi connectivity index (χ2n) is 4.35. The first-order valence-corrected chi connectivity index (χ1v) is 5.73. The van der Waals surface area contributed by atoms with Crippen molar-refractivity contribution in [1.82, 2.24) is 9.55 Å². The van der Waals surface area contributed by atoms with Crippen molar-refractivity contribution in [3.63, 3.8) is 0 Å². The molecule has 18 heavy (non-hydrogen) atoms. The largest absolute Gasteiger partial charge is 0.394 e. The minimum atomic E-state index is -1.84. The van der Waals surface area contributed by atoms with Gasteiger partial charge in [-0.3, -0.25) is 14.3 Å². The van der Waals surface area contributed by atoms with Gasteiger partial charge in [-0.05, 0) is 19.1 Å². The number of nitrogens with zero attached hydrogens (tertiary/aromatic N) is 1. The zero-order valence-corrected chi connectivity index (χ0v) is 10.4. The van der Waals surface area contributed by atoms with Crippen LogP contribution in [0.25, 0.3) is 0 Å². The van der Waals surface area contributed by atoms with Crippen molar-refractivity contribution >= 4 is 12.2 Å². The van der Waals surface area contributed by atoms with Crippen LogP contribution in [-0.4, -0.2) is 44.2 Å². The summed E-state index contributed by atoms with van der Waals surface area (Å²) in [5.41, 5.74) is -2.24. The predicted octanol–water partition coefficient (Wildman–Crippen LogP) is -0.115. The monoisotopic (exact) mass is 276 g/mol. The summed E-state index contributed by atoms with van der Waals surface area (Å²) in [5.74, 6) is 0. The van der Waals surface area contributed by atoms with Gasteiger partial charge in [0.05, 0.1) is 6.61 Å². The summed E-state index contributed by atoms with van der Waals surface area (Å²) in [6, 6.07) is 1.19. The quantitative estimate of drug-likeness (QED) is 0.656. The predicted molar refractivity (Wildman–Crippen MR) is 62.4 cm³/mol. The number of H-pyrrole nitrogens is 1. The molecule has 0 aliphatic carbocycles. The fourth-order valence-corrected chi connectivity index (χ4v) is 2.24. The van der Waals surface area contributed by atoms with Crippen LogP contribution < -0.4 is 5.56 Å². The van der Waals surface area contributed by atoms with Gasteiger partial charge in [-0.2, -0.15) is 0 Å². The highest BCUT2D eigenvalue weighted by atomic mass is 32.1. The fourth-order valence-electron chi connectivity index (χ4n) is 1.98. The lowest BCUT2D eigenvalue weighted by molar-refractivity contribution is -0.0924. The highest BCUT2D eigenvalue weighted by Gasteiger charge is 2.54. The molecule has 1 saturated heterocycles. The summed E-state index contributed by atoms with van der Waals surface area (Å²) < 4.78 is 20.4. The van der Waals surface area contributed by atoms with E-state index in [4.69, 9.17) is 22.1 Å². The first-order valence-electron chi connectivity index (χ1n) is 5.32. The molecule has 0 saturated carbocycles. The van der Waals surface area contributed by atoms with Crippen LogP contribution in [0, 0.1) is 4.77 Å². The highest BCUT2D eigenvalue weighted by molar-refractivity contribution is 7.71. The van der Waals surface area contributed by atoms with Gasteiger partial charge in [0.15, 0.2) is 17.2 Å². The number of alkyl halides is 1. The molecule has 2 heterocycles. The number of hydrogen-bond donors (Lipinski definition) is 3. The van der Waals surface area contributed by atoms with E-state index in [2.05, 4.69) is 4.98 Å². The van der Waals surface area contributed by atoms with Gasteiger partial charge in [0.1, 0.15) is 11.7 Å². The van der Waals surface area contributed by atoms with Gasteiger partial charge in [0.2, 0.25) is 0 Å². The Labute approximate surface area is 107 Å². The zero-order valence-electron chi connectivity index (χ0n) is 9.54. The van der Waals surface area contributed by atoms with E-state index in [0.29, 0.717) is 0 Å². The number of aromatic nitrogens is 2. The SMILES string of the molecule is C[C@@]1(O)C(F)[C@@H](CO)O[C@H]1n1ccc(=O)[nH]c1=S. The summed E-state index contributed by atoms with van der Waals surface area (Å²) in [6.45, 7) is 0.704. The second kappa shape index (κ2) is 4.54. The lowest BCUT2D eigenvalue weighted by atomic mass is 9.98. The van der Waals surface area contributed by atoms with Crippen molar-refractivity contribution in [3.8, 4) is 0 Å². The van der Waals surface area contributed by atoms with Gasteiger partial charge in [-0.15, -0.1) is 0 Å². The normalized spacial score (nSPS) is 35.9. The first-order chi connectivity index (χ1) is 8.37. The van der Waals surface area contributed by atoms with Crippen LogP contribution in [0.1, 0.15) is 13.2 Å². The van der Waals surface area contributed by atoms with Crippen LogP contribution in [0.5, 0.6) is 0 Å². The Morgan fingerprint density at radius 3 is 2.89 bits per heavy atom. The third kappa shape index (κ3) is 2.01. The molecular formula is C10H13FN2O4S. The van der Waals surface area contributed by atoms with Crippen LogP contribution in [0.15, 0.2) is 17.1 Å². The van der Waals surface area contributed by atoms with Crippen molar-refractivity contribution in [2.75, 3.05) is 6.61 Å². The lowest BCUT2D eigenvalue weighted by Crippen LogP contribution is -2.42. The molecule has 0 bridgehead atoms. The lowest BCUT2D eigenvalue weighted by Gasteiger charge is -2.26. The number of aliphatic hydroxyl groups is 2. The molecular weight excluding hydrogens is 263 g/mol. The van der Waals surface area contributed by atoms with Crippen molar-refractivity contribution < 1.29 is 19.3 Å². The Balaban J connectivity index is 2.45. The smallest absolute Gasteiger partial charge is 0.251 e. The van der Waals surface area contributed by atoms with E-state index in [1.807, 2.05) is 0 Å². The Kier molecular flexibility index (Phi) is 3.37. The molecule has 1 aromatic rings. The van der Waals surface area contributed by atoms with Crippen LogP contribution in [0.2, 0.25) is 0 Å². The number of aromatic amines is 1. The average Bonchev–Trinajstić information content (AvgIpc) is 2.52. The van der Waals surface area contributed by atoms with E-state index < -0.39 is 36.3 Å². The van der Waals surface area contributed by atoms with Crippen molar-refractivity contribution in [1.29, 1.82) is 0 Å². The van der Waals surface area contributed by atoms with E-state index in [1.54, 1.807) is 0 Å². The average molecular weight is 276 g/mol. The van der Waals surface area contributed by atoms with Gasteiger partial charge in [0.25, 0.3) is 5.56 Å². The maximum absolute atomic E-state index is 13.9. The molecule has 1 aliphatic heterocycles. The Morgan fingerprint density at radius 1 is 1.72 bits per heavy atom. The molecule has 0 aromatic carbocycles. The second-order valence-corrected chi connectivity index (χ2v) is 4.74. The molecule has 6 nitrogen and oxygen atoms in total. The van der Waals surface area contributed by atoms with Crippen molar-refractivity contribution in [2.45, 2.75) is 31.0 Å². The van der Waals surface area contributed by atoms with Gasteiger partial charge < -0.3 is 14.9 Å². The van der Waals surface area contributed by atoms with Gasteiger partial charge >= 0.3 is 0 Å². The standard InChI is InChI=1S/C10H13FN2O4S/c1-10(16)7(11)5(4-14)17-8(10)13-3-2-6(15)12-9(13)18/h2-3,5,7-8,14,16H,4H2,1H3,(H,12,15,18)/t5-,7?,8-,10-/m1/s1. The minimum absolute atomic E-state index is 0.0126. The molecule has 100 valence electrons. The zero-order chi connectivity index (χ0) is 13.5. The van der Waals surface area contributed by atoms with E-state index in [-0.39, 0.29) is 4.77 Å². The molecule has 1 aliphatic rings. The molecule has 1 aromatic heterocycles. The van der Waals surface area contributed by atoms with Crippen LogP contribution in [-0.2, 0) is 4.74 Å². The number of halogens is 1. The maximum atomic E-state index is 13.9. The molecule has 1 unspecified atom stereocenters. The summed E-state index contributed by atoms with van der Waals surface area (Å²) in [7, 11) is 0. The summed E-state index contributed by atoms with van der Waals surface area (Å²) in [4.78, 5) is 13.4. The number of aliphatic hydroxyl groups excluding tert-OH is 1. The highest BCUT2D eigenvalue weighted by Crippen LogP contribution is 2.39. The summed E-state index contributed by atoms with van der Waals surface area (Å²) in [5, 5.41) is 19.1. The van der Waals surface area contributed by atoms with Gasteiger partial charge in [-0.1, -0.05) is 0 Å². The molecule has 0 radical (unpaired) electrons. The number of hydrogen-bond acceptors (Lipinski definition) is 5. The third-order valence-corrected chi connectivity index (χ3v) is 3.29. The van der Waals surface area contributed by atoms with E-state index in [1.165, 1.54) is 23.8 Å². The summed E-state index contributed by atoms with van der Waals surface area (Å²) >= 11 is 4.92. The van der Waals surface area contributed by atoms with Gasteiger partial charge in [-0.25, -0.2) is 4.39 Å². The minimum Gasteiger partial charge on any atom is -0.394 e. The molecule has 1 fully saturated rings. The van der Waals surface area contributed by atoms with E-state index in [0.717, 1.165) is 0 Å². The molecule has 0 amide bonds. The third-order valence-electron chi connectivity index (χ3n) is 2.97. The number of nitrogens with one attached hydrogen (secondary N) is 1. The molecule has 4 atom stereocenters. The van der Waals surface area contributed by atoms with Crippen molar-refractivity contribution in [3.05, 3.63) is 27.4 Å². The topological polar surface area (TPSA) is 87.5 Å². The molecule has 3 N–H and O–H groups in total. The van der Waals surface area contributed by atoms with Crippen LogP contribution in [0.3, 0.4) is 0 Å². The first kappa shape index (κ1) is 13.3. The summed E-state index contributed by atoms with van der Waals surface area (Å²) in [6.07, 6.45) is -2.67. The maximum Gasteiger partial charge on any atom is 0.251 e. The van der Waals surface area contributed by atoms with Crippen LogP contribution in [0.4, 0.5) is 4.39 Å². The molecule has 0 spiro atoms. The Hall–Kier alpha value is -1.09. The Morgan fingerprint density at radius 2 is 2.39 bits per heavy atom. The fraction of sp³-hybridized carbons (Fsp3) is 0.600. The number of rotatable bonds is 2. The Bertz CT molecular complexity index is 555. The molecule has 8 heteroatoms.